The van der Waals surface area contributed by atoms with Gasteiger partial charge in [-0.2, -0.15) is 0 Å². The molecule has 1 heterocycles. The highest BCUT2D eigenvalue weighted by Crippen LogP contribution is 2.29. The third kappa shape index (κ3) is 4.37. The standard InChI is InChI=1S/C16H19N3O3/c1-21-14-6-5-13(8-15(14)22-2)18-11-16(20)19-10-12-4-3-7-17-9-12/h3-9,18H,10-11H2,1-2H3,(H,19,20). The molecule has 1 aromatic carbocycles. The molecule has 0 aliphatic carbocycles. The Labute approximate surface area is 129 Å². The van der Waals surface area contributed by atoms with Crippen LogP contribution in [0.4, 0.5) is 5.69 Å². The summed E-state index contributed by atoms with van der Waals surface area (Å²) in [6, 6.07) is 9.15. The first kappa shape index (κ1) is 15.6. The molecule has 0 spiro atoms. The second-order valence-corrected chi connectivity index (χ2v) is 4.56. The van der Waals surface area contributed by atoms with Gasteiger partial charge in [-0.05, 0) is 23.8 Å². The number of hydrogen-bond acceptors (Lipinski definition) is 5. The summed E-state index contributed by atoms with van der Waals surface area (Å²) in [6.07, 6.45) is 3.42. The molecule has 22 heavy (non-hydrogen) atoms. The molecule has 0 radical (unpaired) electrons. The largest absolute Gasteiger partial charge is 0.493 e. The number of rotatable bonds is 7. The second-order valence-electron chi connectivity index (χ2n) is 4.56. The minimum Gasteiger partial charge on any atom is -0.493 e. The van der Waals surface area contributed by atoms with Crippen LogP contribution in [-0.2, 0) is 11.3 Å². The van der Waals surface area contributed by atoms with Crippen LogP contribution in [0.5, 0.6) is 11.5 Å². The third-order valence-corrected chi connectivity index (χ3v) is 3.05. The van der Waals surface area contributed by atoms with Crippen LogP contribution < -0.4 is 20.1 Å². The van der Waals surface area contributed by atoms with E-state index in [1.54, 1.807) is 38.7 Å². The van der Waals surface area contributed by atoms with Crippen molar-refractivity contribution in [2.75, 3.05) is 26.1 Å². The van der Waals surface area contributed by atoms with Crippen molar-refractivity contribution in [2.45, 2.75) is 6.54 Å². The third-order valence-electron chi connectivity index (χ3n) is 3.05. The summed E-state index contributed by atoms with van der Waals surface area (Å²) in [7, 11) is 3.15. The van der Waals surface area contributed by atoms with E-state index >= 15 is 0 Å². The smallest absolute Gasteiger partial charge is 0.239 e. The van der Waals surface area contributed by atoms with Gasteiger partial charge in [-0.1, -0.05) is 6.07 Å². The van der Waals surface area contributed by atoms with E-state index in [1.165, 1.54) is 0 Å². The van der Waals surface area contributed by atoms with Crippen LogP contribution in [0.15, 0.2) is 42.7 Å². The quantitative estimate of drug-likeness (QED) is 0.816. The molecule has 1 aromatic heterocycles. The normalized spacial score (nSPS) is 9.91. The van der Waals surface area contributed by atoms with E-state index in [4.69, 9.17) is 9.47 Å². The Balaban J connectivity index is 1.83. The van der Waals surface area contributed by atoms with E-state index in [-0.39, 0.29) is 12.5 Å². The maximum absolute atomic E-state index is 11.8. The predicted molar refractivity (Wildman–Crippen MR) is 84.1 cm³/mol. The van der Waals surface area contributed by atoms with Crippen molar-refractivity contribution in [3.8, 4) is 11.5 Å². The van der Waals surface area contributed by atoms with Crippen molar-refractivity contribution in [1.82, 2.24) is 10.3 Å². The zero-order valence-electron chi connectivity index (χ0n) is 12.6. The Bertz CT molecular complexity index is 617. The molecule has 0 unspecified atom stereocenters. The Morgan fingerprint density at radius 1 is 1.18 bits per heavy atom. The van der Waals surface area contributed by atoms with Crippen LogP contribution in [0.1, 0.15) is 5.56 Å². The van der Waals surface area contributed by atoms with Gasteiger partial charge in [0.05, 0.1) is 20.8 Å². The summed E-state index contributed by atoms with van der Waals surface area (Å²) in [5, 5.41) is 5.87. The maximum Gasteiger partial charge on any atom is 0.239 e. The fourth-order valence-electron chi connectivity index (χ4n) is 1.89. The molecule has 0 fully saturated rings. The number of carbonyl (C=O) groups is 1. The first-order valence-electron chi connectivity index (χ1n) is 6.84. The fraction of sp³-hybridized carbons (Fsp3) is 0.250. The maximum atomic E-state index is 11.8. The van der Waals surface area contributed by atoms with E-state index < -0.39 is 0 Å². The van der Waals surface area contributed by atoms with Crippen LogP contribution in [0.2, 0.25) is 0 Å². The lowest BCUT2D eigenvalue weighted by Crippen LogP contribution is -2.29. The highest BCUT2D eigenvalue weighted by atomic mass is 16.5. The molecule has 0 aliphatic rings. The molecule has 0 bridgehead atoms. The van der Waals surface area contributed by atoms with Gasteiger partial charge in [-0.3, -0.25) is 9.78 Å². The molecular formula is C16H19N3O3. The Kier molecular flexibility index (Phi) is 5.59. The molecule has 0 saturated carbocycles. The molecule has 116 valence electrons. The molecule has 6 nitrogen and oxygen atoms in total. The zero-order chi connectivity index (χ0) is 15.8. The van der Waals surface area contributed by atoms with Crippen LogP contribution in [0, 0.1) is 0 Å². The number of aromatic nitrogens is 1. The number of ether oxygens (including phenoxy) is 2. The van der Waals surface area contributed by atoms with Gasteiger partial charge in [-0.25, -0.2) is 0 Å². The van der Waals surface area contributed by atoms with Gasteiger partial charge in [0.25, 0.3) is 0 Å². The highest BCUT2D eigenvalue weighted by molar-refractivity contribution is 5.80. The first-order valence-corrected chi connectivity index (χ1v) is 6.84. The molecule has 2 rings (SSSR count). The lowest BCUT2D eigenvalue weighted by atomic mass is 10.2. The Hall–Kier alpha value is -2.76. The van der Waals surface area contributed by atoms with E-state index in [9.17, 15) is 4.79 Å². The van der Waals surface area contributed by atoms with E-state index in [1.807, 2.05) is 18.2 Å². The number of benzene rings is 1. The van der Waals surface area contributed by atoms with Gasteiger partial charge in [0.1, 0.15) is 0 Å². The number of pyridine rings is 1. The van der Waals surface area contributed by atoms with Gasteiger partial charge in [0.15, 0.2) is 11.5 Å². The summed E-state index contributed by atoms with van der Waals surface area (Å²) in [6.45, 7) is 0.635. The lowest BCUT2D eigenvalue weighted by Gasteiger charge is -2.11. The summed E-state index contributed by atoms with van der Waals surface area (Å²) in [4.78, 5) is 15.8. The van der Waals surface area contributed by atoms with E-state index in [0.29, 0.717) is 18.0 Å². The van der Waals surface area contributed by atoms with Gasteiger partial charge in [0.2, 0.25) is 5.91 Å². The fourth-order valence-corrected chi connectivity index (χ4v) is 1.89. The van der Waals surface area contributed by atoms with Crippen molar-refractivity contribution in [1.29, 1.82) is 0 Å². The van der Waals surface area contributed by atoms with Crippen LogP contribution >= 0.6 is 0 Å². The number of hydrogen-bond donors (Lipinski definition) is 2. The molecular weight excluding hydrogens is 282 g/mol. The molecule has 6 heteroatoms. The van der Waals surface area contributed by atoms with Crippen LogP contribution in [0.3, 0.4) is 0 Å². The summed E-state index contributed by atoms with van der Waals surface area (Å²) >= 11 is 0. The summed E-state index contributed by atoms with van der Waals surface area (Å²) in [5.74, 6) is 1.16. The SMILES string of the molecule is COc1ccc(NCC(=O)NCc2cccnc2)cc1OC. The number of amides is 1. The first-order chi connectivity index (χ1) is 10.7. The second kappa shape index (κ2) is 7.87. The van der Waals surface area contributed by atoms with Crippen molar-refractivity contribution < 1.29 is 14.3 Å². The van der Waals surface area contributed by atoms with Gasteiger partial charge < -0.3 is 20.1 Å². The number of anilines is 1. The van der Waals surface area contributed by atoms with E-state index in [2.05, 4.69) is 15.6 Å². The van der Waals surface area contributed by atoms with Crippen molar-refractivity contribution in [2.24, 2.45) is 0 Å². The highest BCUT2D eigenvalue weighted by Gasteiger charge is 2.06. The number of nitrogens with zero attached hydrogens (tertiary/aromatic N) is 1. The zero-order valence-corrected chi connectivity index (χ0v) is 12.6. The molecule has 0 aliphatic heterocycles. The summed E-state index contributed by atoms with van der Waals surface area (Å²) in [5.41, 5.74) is 1.75. The van der Waals surface area contributed by atoms with Gasteiger partial charge in [-0.15, -0.1) is 0 Å². The molecule has 1 amide bonds. The molecule has 2 N–H and O–H groups in total. The number of nitrogens with one attached hydrogen (secondary N) is 2. The van der Waals surface area contributed by atoms with E-state index in [0.717, 1.165) is 11.3 Å². The van der Waals surface area contributed by atoms with Crippen LogP contribution in [-0.4, -0.2) is 31.7 Å². The Morgan fingerprint density at radius 3 is 2.68 bits per heavy atom. The predicted octanol–water partition coefficient (Wildman–Crippen LogP) is 1.83. The minimum atomic E-state index is -0.0985. The monoisotopic (exact) mass is 301 g/mol. The average molecular weight is 301 g/mol. The molecule has 0 saturated heterocycles. The van der Waals surface area contributed by atoms with Crippen molar-refractivity contribution in [3.05, 3.63) is 48.3 Å². The van der Waals surface area contributed by atoms with Crippen molar-refractivity contribution >= 4 is 11.6 Å². The average Bonchev–Trinajstić information content (AvgIpc) is 2.58. The minimum absolute atomic E-state index is 0.0985. The Morgan fingerprint density at radius 2 is 2.00 bits per heavy atom. The number of methoxy groups -OCH3 is 2. The topological polar surface area (TPSA) is 72.5 Å². The summed E-state index contributed by atoms with van der Waals surface area (Å²) < 4.78 is 10.4. The lowest BCUT2D eigenvalue weighted by molar-refractivity contribution is -0.119. The van der Waals surface area contributed by atoms with Crippen LogP contribution in [0.25, 0.3) is 0 Å². The van der Waals surface area contributed by atoms with Gasteiger partial charge >= 0.3 is 0 Å². The van der Waals surface area contributed by atoms with Gasteiger partial charge in [0, 0.05) is 30.7 Å². The molecule has 2 aromatic rings. The number of carbonyl (C=O) groups excluding carboxylic acids is 1. The van der Waals surface area contributed by atoms with Crippen molar-refractivity contribution in [3.63, 3.8) is 0 Å². The molecule has 0 atom stereocenters.